The molecular weight excluding hydrogens is 431 g/mol. The molecule has 0 saturated carbocycles. The largest absolute Gasteiger partial charge is 0.411 e. The van der Waals surface area contributed by atoms with Gasteiger partial charge in [-0.1, -0.05) is 22.4 Å². The predicted molar refractivity (Wildman–Crippen MR) is 102 cm³/mol. The Kier molecular flexibility index (Phi) is 6.59. The third-order valence-corrected chi connectivity index (χ3v) is 4.69. The number of oxime groups is 1. The lowest BCUT2D eigenvalue weighted by molar-refractivity contribution is -0.118. The quantitative estimate of drug-likeness (QED) is 0.322. The van der Waals surface area contributed by atoms with Crippen molar-refractivity contribution in [3.05, 3.63) is 75.5 Å². The van der Waals surface area contributed by atoms with Crippen LogP contribution < -0.4 is 0 Å². The molecule has 0 fully saturated rings. The third kappa shape index (κ3) is 5.07. The van der Waals surface area contributed by atoms with Crippen molar-refractivity contribution in [2.45, 2.75) is 25.7 Å². The fourth-order valence-corrected chi connectivity index (χ4v) is 3.08. The molecule has 2 aromatic heterocycles. The second-order valence-corrected chi connectivity index (χ2v) is 6.96. The molecule has 0 atom stereocenters. The first kappa shape index (κ1) is 19.8. The second kappa shape index (κ2) is 9.32. The van der Waals surface area contributed by atoms with E-state index in [0.717, 1.165) is 5.56 Å². The molecular formula is C19H16BrFN4O3. The summed E-state index contributed by atoms with van der Waals surface area (Å²) in [5.41, 5.74) is 2.34. The van der Waals surface area contributed by atoms with Crippen LogP contribution in [-0.4, -0.2) is 32.0 Å². The van der Waals surface area contributed by atoms with Gasteiger partial charge in [-0.15, -0.1) is 0 Å². The summed E-state index contributed by atoms with van der Waals surface area (Å²) >= 11 is 3.12. The number of Topliss-reactive ketones (excluding diaryl/α,β-unsaturated/α-hetero) is 1. The van der Waals surface area contributed by atoms with Crippen LogP contribution in [0.15, 0.2) is 57.0 Å². The van der Waals surface area contributed by atoms with Crippen LogP contribution in [0.5, 0.6) is 0 Å². The van der Waals surface area contributed by atoms with E-state index in [4.69, 9.17) is 4.63 Å². The number of aromatic nitrogens is 3. The van der Waals surface area contributed by atoms with E-state index in [-0.39, 0.29) is 30.0 Å². The molecule has 0 saturated heterocycles. The first-order valence-electron chi connectivity index (χ1n) is 8.44. The Balaban J connectivity index is 1.67. The van der Waals surface area contributed by atoms with Gasteiger partial charge in [0.1, 0.15) is 23.0 Å². The number of carbonyl (C=O) groups excluding carboxylic acids is 1. The molecule has 3 aromatic rings. The van der Waals surface area contributed by atoms with Crippen LogP contribution in [0.1, 0.15) is 28.9 Å². The maximum atomic E-state index is 13.4. The van der Waals surface area contributed by atoms with Crippen molar-refractivity contribution in [3.63, 3.8) is 0 Å². The molecule has 3 rings (SSSR count). The summed E-state index contributed by atoms with van der Waals surface area (Å²) in [6.45, 7) is 0. The second-order valence-electron chi connectivity index (χ2n) is 6.11. The van der Waals surface area contributed by atoms with Gasteiger partial charge >= 0.3 is 0 Å². The summed E-state index contributed by atoms with van der Waals surface area (Å²) in [6, 6.07) is 8.17. The lowest BCUT2D eigenvalue weighted by Crippen LogP contribution is -2.12. The molecule has 144 valence electrons. The Bertz CT molecular complexity index is 992. The minimum atomic E-state index is -0.394. The topological polar surface area (TPSA) is 101 Å². The molecule has 0 aliphatic heterocycles. The van der Waals surface area contributed by atoms with E-state index >= 15 is 0 Å². The van der Waals surface area contributed by atoms with E-state index in [1.165, 1.54) is 6.07 Å². The average Bonchev–Trinajstić information content (AvgIpc) is 3.16. The Hall–Kier alpha value is -2.94. The normalized spacial score (nSPS) is 11.6. The van der Waals surface area contributed by atoms with Gasteiger partial charge in [0.15, 0.2) is 5.69 Å². The summed E-state index contributed by atoms with van der Waals surface area (Å²) < 4.78 is 18.4. The Morgan fingerprint density at radius 2 is 2.07 bits per heavy atom. The number of hydrogen-bond donors (Lipinski definition) is 1. The van der Waals surface area contributed by atoms with Crippen molar-refractivity contribution < 1.29 is 19.0 Å². The minimum absolute atomic E-state index is 0.00519. The maximum Gasteiger partial charge on any atom is 0.156 e. The highest BCUT2D eigenvalue weighted by molar-refractivity contribution is 9.10. The highest BCUT2D eigenvalue weighted by Crippen LogP contribution is 2.19. The summed E-state index contributed by atoms with van der Waals surface area (Å²) in [6.07, 6.45) is 4.44. The number of nitrogens with zero attached hydrogens (tertiary/aromatic N) is 4. The number of carbonyl (C=O) groups is 1. The number of rotatable bonds is 8. The molecule has 0 unspecified atom stereocenters. The van der Waals surface area contributed by atoms with Crippen molar-refractivity contribution >= 4 is 27.4 Å². The maximum absolute atomic E-state index is 13.4. The zero-order chi connectivity index (χ0) is 19.9. The van der Waals surface area contributed by atoms with Crippen LogP contribution in [0, 0.1) is 5.82 Å². The molecule has 0 aliphatic carbocycles. The van der Waals surface area contributed by atoms with Crippen LogP contribution in [0.4, 0.5) is 4.39 Å². The van der Waals surface area contributed by atoms with E-state index in [9.17, 15) is 14.4 Å². The molecule has 2 heterocycles. The van der Waals surface area contributed by atoms with Crippen LogP contribution in [0.25, 0.3) is 0 Å². The van der Waals surface area contributed by atoms with E-state index in [1.54, 1.807) is 24.5 Å². The molecule has 1 aromatic carbocycles. The number of ketones is 1. The minimum Gasteiger partial charge on any atom is -0.411 e. The van der Waals surface area contributed by atoms with Crippen molar-refractivity contribution in [3.8, 4) is 0 Å². The van der Waals surface area contributed by atoms with Gasteiger partial charge in [-0.25, -0.2) is 9.02 Å². The lowest BCUT2D eigenvalue weighted by atomic mass is 10.0. The third-order valence-electron chi connectivity index (χ3n) is 4.09. The number of pyridine rings is 1. The predicted octanol–water partition coefficient (Wildman–Crippen LogP) is 3.53. The zero-order valence-corrected chi connectivity index (χ0v) is 16.3. The van der Waals surface area contributed by atoms with Crippen LogP contribution >= 0.6 is 15.9 Å². The molecule has 0 radical (unpaired) electrons. The van der Waals surface area contributed by atoms with Gasteiger partial charge < -0.3 is 5.21 Å². The van der Waals surface area contributed by atoms with Crippen molar-refractivity contribution in [2.24, 2.45) is 5.16 Å². The van der Waals surface area contributed by atoms with Crippen LogP contribution in [0.2, 0.25) is 0 Å². The van der Waals surface area contributed by atoms with Crippen molar-refractivity contribution in [2.75, 3.05) is 0 Å². The number of aryl methyl sites for hydroxylation is 1. The molecule has 0 spiro atoms. The molecule has 0 aliphatic rings. The highest BCUT2D eigenvalue weighted by Gasteiger charge is 2.20. The fraction of sp³-hybridized carbons (Fsp3) is 0.211. The fourth-order valence-electron chi connectivity index (χ4n) is 2.66. The van der Waals surface area contributed by atoms with Gasteiger partial charge in [-0.2, -0.15) is 0 Å². The summed E-state index contributed by atoms with van der Waals surface area (Å²) in [5, 5.41) is 20.2. The summed E-state index contributed by atoms with van der Waals surface area (Å²) in [4.78, 5) is 16.3. The van der Waals surface area contributed by atoms with Crippen LogP contribution in [0.3, 0.4) is 0 Å². The van der Waals surface area contributed by atoms with E-state index in [1.807, 2.05) is 12.1 Å². The SMILES string of the molecule is O=C(CCc1cccnc1)Cc1nonc1/C(Cc1ccc(F)c(Br)c1)=N/O. The van der Waals surface area contributed by atoms with Crippen molar-refractivity contribution in [1.29, 1.82) is 0 Å². The van der Waals surface area contributed by atoms with E-state index in [2.05, 4.69) is 36.4 Å². The summed E-state index contributed by atoms with van der Waals surface area (Å²) in [5.74, 6) is -0.447. The van der Waals surface area contributed by atoms with Gasteiger partial charge in [-0.3, -0.25) is 9.78 Å². The zero-order valence-electron chi connectivity index (χ0n) is 14.7. The van der Waals surface area contributed by atoms with Crippen LogP contribution in [-0.2, 0) is 24.1 Å². The Labute approximate surface area is 168 Å². The highest BCUT2D eigenvalue weighted by atomic mass is 79.9. The smallest absolute Gasteiger partial charge is 0.156 e. The molecule has 28 heavy (non-hydrogen) atoms. The monoisotopic (exact) mass is 446 g/mol. The molecule has 1 N–H and O–H groups in total. The number of hydrogen-bond acceptors (Lipinski definition) is 7. The summed E-state index contributed by atoms with van der Waals surface area (Å²) in [7, 11) is 0. The lowest BCUT2D eigenvalue weighted by Gasteiger charge is -2.05. The Morgan fingerprint density at radius 3 is 2.79 bits per heavy atom. The first-order valence-corrected chi connectivity index (χ1v) is 9.23. The molecule has 0 bridgehead atoms. The standard InChI is InChI=1S/C19H16BrFN4O3/c20-15-8-13(4-6-16(15)21)9-17(23-27)19-18(24-28-25-19)10-14(26)5-3-12-2-1-7-22-11-12/h1-2,4,6-8,11,27H,3,5,9-10H2/b23-17+. The van der Waals surface area contributed by atoms with Gasteiger partial charge in [0.25, 0.3) is 0 Å². The molecule has 9 heteroatoms. The average molecular weight is 447 g/mol. The van der Waals surface area contributed by atoms with Gasteiger partial charge in [0.05, 0.1) is 10.9 Å². The van der Waals surface area contributed by atoms with E-state index in [0.29, 0.717) is 28.6 Å². The van der Waals surface area contributed by atoms with Gasteiger partial charge in [0, 0.05) is 25.2 Å². The van der Waals surface area contributed by atoms with Crippen molar-refractivity contribution in [1.82, 2.24) is 15.3 Å². The molecule has 7 nitrogen and oxygen atoms in total. The van der Waals surface area contributed by atoms with E-state index < -0.39 is 5.82 Å². The first-order chi connectivity index (χ1) is 13.6. The van der Waals surface area contributed by atoms with Gasteiger partial charge in [-0.05, 0) is 56.8 Å². The number of halogens is 2. The Morgan fingerprint density at radius 1 is 1.21 bits per heavy atom. The van der Waals surface area contributed by atoms with Gasteiger partial charge in [0.2, 0.25) is 0 Å². The molecule has 0 amide bonds. The number of benzene rings is 1.